The number of nitrogens with one attached hydrogen (secondary N) is 1. The SMILES string of the molecule is CNCc1cn(CCOC(C)C)cn1. The topological polar surface area (TPSA) is 39.1 Å². The van der Waals surface area contributed by atoms with Gasteiger partial charge in [0, 0.05) is 19.3 Å². The summed E-state index contributed by atoms with van der Waals surface area (Å²) in [7, 11) is 1.92. The number of hydrogen-bond acceptors (Lipinski definition) is 3. The summed E-state index contributed by atoms with van der Waals surface area (Å²) in [4.78, 5) is 4.25. The van der Waals surface area contributed by atoms with Crippen molar-refractivity contribution in [2.75, 3.05) is 13.7 Å². The molecule has 0 radical (unpaired) electrons. The van der Waals surface area contributed by atoms with E-state index in [1.165, 1.54) is 0 Å². The van der Waals surface area contributed by atoms with Crippen molar-refractivity contribution in [2.24, 2.45) is 0 Å². The predicted molar refractivity (Wildman–Crippen MR) is 56.1 cm³/mol. The quantitative estimate of drug-likeness (QED) is 0.740. The van der Waals surface area contributed by atoms with Crippen molar-refractivity contribution in [1.82, 2.24) is 14.9 Å². The summed E-state index contributed by atoms with van der Waals surface area (Å²) < 4.78 is 7.50. The highest BCUT2D eigenvalue weighted by Gasteiger charge is 1.98. The number of aromatic nitrogens is 2. The van der Waals surface area contributed by atoms with Crippen LogP contribution >= 0.6 is 0 Å². The van der Waals surface area contributed by atoms with Gasteiger partial charge in [-0.2, -0.15) is 0 Å². The Labute approximate surface area is 85.3 Å². The van der Waals surface area contributed by atoms with Gasteiger partial charge in [-0.05, 0) is 20.9 Å². The van der Waals surface area contributed by atoms with Gasteiger partial charge < -0.3 is 14.6 Å². The number of rotatable bonds is 6. The maximum atomic E-state index is 5.45. The molecule has 0 fully saturated rings. The summed E-state index contributed by atoms with van der Waals surface area (Å²) in [5, 5.41) is 3.06. The standard InChI is InChI=1S/C10H19N3O/c1-9(2)14-5-4-13-7-10(6-11-3)12-8-13/h7-9,11H,4-6H2,1-3H3. The molecule has 0 aliphatic heterocycles. The Bertz CT molecular complexity index is 258. The fraction of sp³-hybridized carbons (Fsp3) is 0.700. The highest BCUT2D eigenvalue weighted by Crippen LogP contribution is 1.96. The Morgan fingerprint density at radius 3 is 3.00 bits per heavy atom. The van der Waals surface area contributed by atoms with Crippen LogP contribution in [0, 0.1) is 0 Å². The normalized spacial score (nSPS) is 11.1. The maximum absolute atomic E-state index is 5.45. The van der Waals surface area contributed by atoms with Crippen molar-refractivity contribution in [1.29, 1.82) is 0 Å². The third kappa shape index (κ3) is 3.89. The van der Waals surface area contributed by atoms with Gasteiger partial charge in [0.25, 0.3) is 0 Å². The molecular weight excluding hydrogens is 178 g/mol. The molecule has 1 aromatic heterocycles. The van der Waals surface area contributed by atoms with E-state index in [9.17, 15) is 0 Å². The molecule has 14 heavy (non-hydrogen) atoms. The fourth-order valence-corrected chi connectivity index (χ4v) is 1.19. The molecule has 0 unspecified atom stereocenters. The molecule has 1 heterocycles. The van der Waals surface area contributed by atoms with E-state index in [1.807, 2.05) is 33.4 Å². The molecule has 0 aliphatic rings. The molecule has 0 saturated carbocycles. The molecule has 0 saturated heterocycles. The van der Waals surface area contributed by atoms with E-state index < -0.39 is 0 Å². The highest BCUT2D eigenvalue weighted by molar-refractivity contribution is 4.95. The monoisotopic (exact) mass is 197 g/mol. The van der Waals surface area contributed by atoms with Crippen molar-refractivity contribution in [2.45, 2.75) is 33.0 Å². The van der Waals surface area contributed by atoms with Gasteiger partial charge in [-0.1, -0.05) is 0 Å². The van der Waals surface area contributed by atoms with Crippen LogP contribution in [0.1, 0.15) is 19.5 Å². The molecule has 1 aromatic rings. The van der Waals surface area contributed by atoms with Crippen LogP contribution < -0.4 is 5.32 Å². The predicted octanol–water partition coefficient (Wildman–Crippen LogP) is 1.03. The molecule has 0 amide bonds. The summed E-state index contributed by atoms with van der Waals surface area (Å²) in [6.45, 7) is 6.51. The number of hydrogen-bond donors (Lipinski definition) is 1. The average molecular weight is 197 g/mol. The lowest BCUT2D eigenvalue weighted by molar-refractivity contribution is 0.0727. The molecule has 0 aliphatic carbocycles. The first-order valence-corrected chi connectivity index (χ1v) is 4.99. The Morgan fingerprint density at radius 1 is 1.57 bits per heavy atom. The molecule has 0 bridgehead atoms. The van der Waals surface area contributed by atoms with Gasteiger partial charge in [-0.25, -0.2) is 4.98 Å². The first-order chi connectivity index (χ1) is 6.72. The van der Waals surface area contributed by atoms with Gasteiger partial charge in [0.15, 0.2) is 0 Å². The molecule has 0 spiro atoms. The van der Waals surface area contributed by atoms with Crippen LogP contribution in [0.3, 0.4) is 0 Å². The van der Waals surface area contributed by atoms with E-state index in [-0.39, 0.29) is 0 Å². The van der Waals surface area contributed by atoms with Crippen LogP contribution in [0.2, 0.25) is 0 Å². The molecule has 0 atom stereocenters. The maximum Gasteiger partial charge on any atom is 0.0950 e. The summed E-state index contributed by atoms with van der Waals surface area (Å²) >= 11 is 0. The molecule has 0 aromatic carbocycles. The second-order valence-electron chi connectivity index (χ2n) is 3.55. The zero-order valence-corrected chi connectivity index (χ0v) is 9.16. The Kier molecular flexibility index (Phi) is 4.62. The average Bonchev–Trinajstić information content (AvgIpc) is 2.53. The van der Waals surface area contributed by atoms with Gasteiger partial charge in [0.1, 0.15) is 0 Å². The van der Waals surface area contributed by atoms with E-state index in [1.54, 1.807) is 0 Å². The van der Waals surface area contributed by atoms with Crippen molar-refractivity contribution in [3.63, 3.8) is 0 Å². The van der Waals surface area contributed by atoms with Crippen LogP contribution in [-0.4, -0.2) is 29.3 Å². The van der Waals surface area contributed by atoms with E-state index in [0.717, 1.165) is 25.4 Å². The van der Waals surface area contributed by atoms with Gasteiger partial charge in [0.05, 0.1) is 24.7 Å². The van der Waals surface area contributed by atoms with E-state index in [0.29, 0.717) is 6.10 Å². The summed E-state index contributed by atoms with van der Waals surface area (Å²) in [6, 6.07) is 0. The van der Waals surface area contributed by atoms with Crippen molar-refractivity contribution >= 4 is 0 Å². The number of ether oxygens (including phenoxy) is 1. The van der Waals surface area contributed by atoms with Crippen LogP contribution in [0.4, 0.5) is 0 Å². The zero-order valence-electron chi connectivity index (χ0n) is 9.16. The molecule has 1 N–H and O–H groups in total. The third-order valence-corrected chi connectivity index (χ3v) is 1.85. The smallest absolute Gasteiger partial charge is 0.0950 e. The minimum atomic E-state index is 0.301. The van der Waals surface area contributed by atoms with Crippen LogP contribution in [0.25, 0.3) is 0 Å². The molecular formula is C10H19N3O. The lowest BCUT2D eigenvalue weighted by Crippen LogP contribution is -2.09. The lowest BCUT2D eigenvalue weighted by atomic mass is 10.5. The number of imidazole rings is 1. The highest BCUT2D eigenvalue weighted by atomic mass is 16.5. The summed E-state index contributed by atoms with van der Waals surface area (Å²) in [6.07, 6.45) is 4.19. The third-order valence-electron chi connectivity index (χ3n) is 1.85. The minimum Gasteiger partial charge on any atom is -0.377 e. The van der Waals surface area contributed by atoms with Gasteiger partial charge in [-0.15, -0.1) is 0 Å². The second-order valence-corrected chi connectivity index (χ2v) is 3.55. The zero-order chi connectivity index (χ0) is 10.4. The van der Waals surface area contributed by atoms with Crippen molar-refractivity contribution in [3.8, 4) is 0 Å². The van der Waals surface area contributed by atoms with Gasteiger partial charge in [0.2, 0.25) is 0 Å². The molecule has 4 nitrogen and oxygen atoms in total. The summed E-state index contributed by atoms with van der Waals surface area (Å²) in [5.74, 6) is 0. The van der Waals surface area contributed by atoms with Gasteiger partial charge >= 0.3 is 0 Å². The molecule has 4 heteroatoms. The number of nitrogens with zero attached hydrogens (tertiary/aromatic N) is 2. The van der Waals surface area contributed by atoms with Crippen LogP contribution in [-0.2, 0) is 17.8 Å². The Morgan fingerprint density at radius 2 is 2.36 bits per heavy atom. The molecule has 1 rings (SSSR count). The van der Waals surface area contributed by atoms with E-state index in [2.05, 4.69) is 14.9 Å². The van der Waals surface area contributed by atoms with Crippen molar-refractivity contribution in [3.05, 3.63) is 18.2 Å². The first-order valence-electron chi connectivity index (χ1n) is 4.99. The Hall–Kier alpha value is -0.870. The summed E-state index contributed by atoms with van der Waals surface area (Å²) in [5.41, 5.74) is 1.07. The minimum absolute atomic E-state index is 0.301. The van der Waals surface area contributed by atoms with E-state index in [4.69, 9.17) is 4.74 Å². The second kappa shape index (κ2) is 5.78. The van der Waals surface area contributed by atoms with E-state index >= 15 is 0 Å². The van der Waals surface area contributed by atoms with Crippen LogP contribution in [0.15, 0.2) is 12.5 Å². The van der Waals surface area contributed by atoms with Crippen LogP contribution in [0.5, 0.6) is 0 Å². The largest absolute Gasteiger partial charge is 0.377 e. The molecule has 80 valence electrons. The van der Waals surface area contributed by atoms with Gasteiger partial charge in [-0.3, -0.25) is 0 Å². The Balaban J connectivity index is 2.28. The lowest BCUT2D eigenvalue weighted by Gasteiger charge is -2.07. The first kappa shape index (κ1) is 11.2. The van der Waals surface area contributed by atoms with Crippen molar-refractivity contribution < 1.29 is 4.74 Å². The fourth-order valence-electron chi connectivity index (χ4n) is 1.19.